The van der Waals surface area contributed by atoms with Gasteiger partial charge in [-0.3, -0.25) is 0 Å². The largest absolute Gasteiger partial charge is 0.476 e. The van der Waals surface area contributed by atoms with Crippen LogP contribution in [-0.4, -0.2) is 34.6 Å². The maximum absolute atomic E-state index is 11.5. The summed E-state index contributed by atoms with van der Waals surface area (Å²) < 4.78 is 0. The first kappa shape index (κ1) is 15.7. The van der Waals surface area contributed by atoms with Gasteiger partial charge in [-0.2, -0.15) is 0 Å². The number of aromatic nitrogens is 2. The summed E-state index contributed by atoms with van der Waals surface area (Å²) in [7, 11) is 1.94. The van der Waals surface area contributed by atoms with Crippen LogP contribution in [0.4, 0.5) is 5.69 Å². The average Bonchev–Trinajstić information content (AvgIpc) is 2.47. The Balaban J connectivity index is 2.18. The van der Waals surface area contributed by atoms with E-state index in [-0.39, 0.29) is 11.6 Å². The van der Waals surface area contributed by atoms with Crippen LogP contribution in [-0.2, 0) is 0 Å². The number of carbonyl (C=O) groups is 1. The van der Waals surface area contributed by atoms with Gasteiger partial charge in [0.05, 0.1) is 11.9 Å². The molecule has 1 aromatic rings. The summed E-state index contributed by atoms with van der Waals surface area (Å²) >= 11 is 0. The molecule has 0 atom stereocenters. The van der Waals surface area contributed by atoms with Crippen molar-refractivity contribution in [2.24, 2.45) is 5.92 Å². The molecule has 0 aliphatic heterocycles. The first-order valence-electron chi connectivity index (χ1n) is 7.80. The summed E-state index contributed by atoms with van der Waals surface area (Å²) in [6, 6.07) is 0. The van der Waals surface area contributed by atoms with Gasteiger partial charge < -0.3 is 10.0 Å². The molecule has 0 aromatic carbocycles. The minimum atomic E-state index is -0.982. The van der Waals surface area contributed by atoms with Crippen molar-refractivity contribution in [1.29, 1.82) is 0 Å². The first-order valence-corrected chi connectivity index (χ1v) is 7.80. The maximum atomic E-state index is 11.5. The van der Waals surface area contributed by atoms with Crippen LogP contribution in [0, 0.1) is 5.92 Å². The van der Waals surface area contributed by atoms with Crippen LogP contribution >= 0.6 is 0 Å². The van der Waals surface area contributed by atoms with Crippen molar-refractivity contribution >= 4 is 11.7 Å². The smallest absolute Gasteiger partial charge is 0.356 e. The fourth-order valence-electron chi connectivity index (χ4n) is 2.96. The molecular formula is C16H25N3O2. The lowest BCUT2D eigenvalue weighted by Crippen LogP contribution is -2.29. The van der Waals surface area contributed by atoms with E-state index >= 15 is 0 Å². The summed E-state index contributed by atoms with van der Waals surface area (Å²) in [6.07, 6.45) is 8.02. The second-order valence-corrected chi connectivity index (χ2v) is 6.31. The quantitative estimate of drug-likeness (QED) is 0.901. The zero-order valence-corrected chi connectivity index (χ0v) is 13.2. The highest BCUT2D eigenvalue weighted by atomic mass is 16.4. The van der Waals surface area contributed by atoms with E-state index in [2.05, 4.69) is 9.97 Å². The lowest BCUT2D eigenvalue weighted by atomic mass is 9.89. The standard InChI is InChI=1S/C16H25N3O2/c1-11(2)15-17-9-13(14(18-15)16(20)21)19(3)10-12-7-5-4-6-8-12/h9,11-12H,4-8,10H2,1-3H3,(H,20,21). The highest BCUT2D eigenvalue weighted by molar-refractivity contribution is 5.91. The summed E-state index contributed by atoms with van der Waals surface area (Å²) in [4.78, 5) is 22.0. The van der Waals surface area contributed by atoms with E-state index in [1.807, 2.05) is 25.8 Å². The summed E-state index contributed by atoms with van der Waals surface area (Å²) in [5.74, 6) is 0.378. The average molecular weight is 291 g/mol. The molecule has 1 heterocycles. The van der Waals surface area contributed by atoms with Crippen molar-refractivity contribution in [2.45, 2.75) is 51.9 Å². The van der Waals surface area contributed by atoms with Crippen molar-refractivity contribution in [2.75, 3.05) is 18.5 Å². The zero-order chi connectivity index (χ0) is 15.4. The normalized spacial score (nSPS) is 16.2. The molecule has 5 heteroatoms. The Labute approximate surface area is 126 Å². The number of nitrogens with zero attached hydrogens (tertiary/aromatic N) is 3. The van der Waals surface area contributed by atoms with E-state index in [4.69, 9.17) is 0 Å². The Kier molecular flexibility index (Phi) is 5.15. The SMILES string of the molecule is CC(C)c1ncc(N(C)CC2CCCCC2)c(C(=O)O)n1. The van der Waals surface area contributed by atoms with E-state index in [0.717, 1.165) is 6.54 Å². The van der Waals surface area contributed by atoms with Gasteiger partial charge in [0.1, 0.15) is 5.82 Å². The van der Waals surface area contributed by atoms with E-state index in [1.165, 1.54) is 32.1 Å². The van der Waals surface area contributed by atoms with Crippen LogP contribution in [0.25, 0.3) is 0 Å². The number of rotatable bonds is 5. The molecule has 5 nitrogen and oxygen atoms in total. The fourth-order valence-corrected chi connectivity index (χ4v) is 2.96. The lowest BCUT2D eigenvalue weighted by Gasteiger charge is -2.28. The highest BCUT2D eigenvalue weighted by Gasteiger charge is 2.21. The van der Waals surface area contributed by atoms with E-state index in [9.17, 15) is 9.90 Å². The number of hydrogen-bond donors (Lipinski definition) is 1. The van der Waals surface area contributed by atoms with E-state index in [1.54, 1.807) is 6.20 Å². The van der Waals surface area contributed by atoms with Crippen molar-refractivity contribution in [3.63, 3.8) is 0 Å². The van der Waals surface area contributed by atoms with Crippen molar-refractivity contribution < 1.29 is 9.90 Å². The number of anilines is 1. The van der Waals surface area contributed by atoms with Gasteiger partial charge in [-0.05, 0) is 18.8 Å². The Bertz CT molecular complexity index is 496. The van der Waals surface area contributed by atoms with Crippen molar-refractivity contribution in [3.8, 4) is 0 Å². The van der Waals surface area contributed by atoms with Crippen LogP contribution in [0.1, 0.15) is 68.2 Å². The molecule has 1 aromatic heterocycles. The van der Waals surface area contributed by atoms with Gasteiger partial charge in [0, 0.05) is 19.5 Å². The van der Waals surface area contributed by atoms with E-state index < -0.39 is 5.97 Å². The Morgan fingerprint density at radius 2 is 2.05 bits per heavy atom. The van der Waals surface area contributed by atoms with Crippen LogP contribution in [0.2, 0.25) is 0 Å². The van der Waals surface area contributed by atoms with E-state index in [0.29, 0.717) is 17.4 Å². The van der Waals surface area contributed by atoms with Crippen molar-refractivity contribution in [1.82, 2.24) is 9.97 Å². The molecule has 0 spiro atoms. The zero-order valence-electron chi connectivity index (χ0n) is 13.2. The molecule has 1 aliphatic carbocycles. The molecule has 21 heavy (non-hydrogen) atoms. The van der Waals surface area contributed by atoms with Gasteiger partial charge in [0.15, 0.2) is 5.69 Å². The first-order chi connectivity index (χ1) is 9.99. The summed E-state index contributed by atoms with van der Waals surface area (Å²) in [5.41, 5.74) is 0.740. The van der Waals surface area contributed by atoms with Gasteiger partial charge in [0.25, 0.3) is 0 Å². The van der Waals surface area contributed by atoms with Gasteiger partial charge in [-0.15, -0.1) is 0 Å². The summed E-state index contributed by atoms with van der Waals surface area (Å²) in [6.45, 7) is 4.81. The molecule has 0 amide bonds. The summed E-state index contributed by atoms with van der Waals surface area (Å²) in [5, 5.41) is 9.41. The topological polar surface area (TPSA) is 66.3 Å². The molecule has 0 bridgehead atoms. The second kappa shape index (κ2) is 6.87. The molecule has 1 fully saturated rings. The number of hydrogen-bond acceptors (Lipinski definition) is 4. The third-order valence-electron chi connectivity index (χ3n) is 4.18. The fraction of sp³-hybridized carbons (Fsp3) is 0.688. The van der Waals surface area contributed by atoms with Gasteiger partial charge in [-0.25, -0.2) is 14.8 Å². The predicted molar refractivity (Wildman–Crippen MR) is 82.9 cm³/mol. The van der Waals surface area contributed by atoms with Gasteiger partial charge in [0.2, 0.25) is 0 Å². The minimum Gasteiger partial charge on any atom is -0.476 e. The molecular weight excluding hydrogens is 266 g/mol. The molecule has 1 N–H and O–H groups in total. The molecule has 0 radical (unpaired) electrons. The molecule has 2 rings (SSSR count). The third kappa shape index (κ3) is 3.93. The Hall–Kier alpha value is -1.65. The lowest BCUT2D eigenvalue weighted by molar-refractivity contribution is 0.0690. The van der Waals surface area contributed by atoms with Gasteiger partial charge >= 0.3 is 5.97 Å². The monoisotopic (exact) mass is 291 g/mol. The highest BCUT2D eigenvalue weighted by Crippen LogP contribution is 2.27. The molecule has 0 unspecified atom stereocenters. The Morgan fingerprint density at radius 1 is 1.38 bits per heavy atom. The molecule has 1 saturated carbocycles. The van der Waals surface area contributed by atoms with Crippen LogP contribution in [0.15, 0.2) is 6.20 Å². The molecule has 116 valence electrons. The molecule has 0 saturated heterocycles. The van der Waals surface area contributed by atoms with Crippen LogP contribution < -0.4 is 4.90 Å². The number of carboxylic acid groups (broad SMARTS) is 1. The Morgan fingerprint density at radius 3 is 2.62 bits per heavy atom. The van der Waals surface area contributed by atoms with Crippen molar-refractivity contribution in [3.05, 3.63) is 17.7 Å². The number of carboxylic acids is 1. The number of aromatic carboxylic acids is 1. The van der Waals surface area contributed by atoms with Crippen LogP contribution in [0.3, 0.4) is 0 Å². The third-order valence-corrected chi connectivity index (χ3v) is 4.18. The molecule has 1 aliphatic rings. The maximum Gasteiger partial charge on any atom is 0.356 e. The predicted octanol–water partition coefficient (Wildman–Crippen LogP) is 3.31. The second-order valence-electron chi connectivity index (χ2n) is 6.31. The minimum absolute atomic E-state index is 0.118. The van der Waals surface area contributed by atoms with Gasteiger partial charge in [-0.1, -0.05) is 33.1 Å². The van der Waals surface area contributed by atoms with Crippen LogP contribution in [0.5, 0.6) is 0 Å².